The minimum atomic E-state index is -0.515. The molecule has 111 valence electrons. The first-order valence-corrected chi connectivity index (χ1v) is 7.72. The maximum Gasteiger partial charge on any atom is 0.247 e. The van der Waals surface area contributed by atoms with Crippen LogP contribution in [-0.2, 0) is 9.84 Å². The minimum absolute atomic E-state index is 0.249. The SMILES string of the molecule is C=CC(C=C)(c1ccccc1C)C(O[Si])c1ccccc1C. The minimum Gasteiger partial charge on any atom is -0.410 e. The van der Waals surface area contributed by atoms with Crippen LogP contribution in [0.3, 0.4) is 0 Å². The molecule has 0 aliphatic carbocycles. The van der Waals surface area contributed by atoms with Gasteiger partial charge in [0.05, 0.1) is 11.5 Å². The van der Waals surface area contributed by atoms with Crippen molar-refractivity contribution in [3.8, 4) is 0 Å². The Balaban J connectivity index is 2.69. The van der Waals surface area contributed by atoms with Crippen molar-refractivity contribution in [2.75, 3.05) is 0 Å². The molecule has 0 aliphatic rings. The first kappa shape index (κ1) is 16.5. The lowest BCUT2D eigenvalue weighted by molar-refractivity contribution is 0.172. The summed E-state index contributed by atoms with van der Waals surface area (Å²) in [5.41, 5.74) is 4.10. The lowest BCUT2D eigenvalue weighted by Gasteiger charge is -2.37. The zero-order valence-electron chi connectivity index (χ0n) is 13.2. The van der Waals surface area contributed by atoms with Gasteiger partial charge in [-0.15, -0.1) is 13.2 Å². The predicted octanol–water partition coefficient (Wildman–Crippen LogP) is 4.75. The topological polar surface area (TPSA) is 9.23 Å². The van der Waals surface area contributed by atoms with Gasteiger partial charge in [0.2, 0.25) is 10.5 Å². The number of hydrogen-bond acceptors (Lipinski definition) is 1. The molecule has 2 aromatic rings. The Hall–Kier alpha value is -1.90. The van der Waals surface area contributed by atoms with Gasteiger partial charge < -0.3 is 4.43 Å². The lowest BCUT2D eigenvalue weighted by atomic mass is 9.71. The van der Waals surface area contributed by atoms with Crippen LogP contribution in [0.15, 0.2) is 73.8 Å². The van der Waals surface area contributed by atoms with Gasteiger partial charge in [-0.2, -0.15) is 0 Å². The van der Waals surface area contributed by atoms with Gasteiger partial charge in [-0.25, -0.2) is 0 Å². The van der Waals surface area contributed by atoms with Crippen LogP contribution in [0, 0.1) is 13.8 Å². The van der Waals surface area contributed by atoms with Crippen molar-refractivity contribution in [3.63, 3.8) is 0 Å². The zero-order chi connectivity index (χ0) is 16.2. The van der Waals surface area contributed by atoms with Crippen molar-refractivity contribution in [2.24, 2.45) is 0 Å². The van der Waals surface area contributed by atoms with Gasteiger partial charge in [-0.3, -0.25) is 0 Å². The summed E-state index contributed by atoms with van der Waals surface area (Å²) in [7, 11) is 3.29. The molecule has 1 nitrogen and oxygen atoms in total. The molecule has 0 amide bonds. The van der Waals surface area contributed by atoms with E-state index in [0.717, 1.165) is 11.1 Å². The molecule has 0 bridgehead atoms. The van der Waals surface area contributed by atoms with Gasteiger partial charge in [-0.05, 0) is 36.1 Å². The van der Waals surface area contributed by atoms with Crippen LogP contribution in [0.25, 0.3) is 0 Å². The van der Waals surface area contributed by atoms with Crippen molar-refractivity contribution in [2.45, 2.75) is 25.4 Å². The fraction of sp³-hybridized carbons (Fsp3) is 0.200. The quantitative estimate of drug-likeness (QED) is 0.552. The van der Waals surface area contributed by atoms with Crippen LogP contribution in [0.4, 0.5) is 0 Å². The third kappa shape index (κ3) is 2.72. The lowest BCUT2D eigenvalue weighted by Crippen LogP contribution is -2.32. The van der Waals surface area contributed by atoms with Crippen LogP contribution < -0.4 is 0 Å². The van der Waals surface area contributed by atoms with E-state index in [1.54, 1.807) is 0 Å². The van der Waals surface area contributed by atoms with E-state index in [1.165, 1.54) is 11.1 Å². The summed E-state index contributed by atoms with van der Waals surface area (Å²) in [6, 6.07) is 16.5. The fourth-order valence-corrected chi connectivity index (χ4v) is 3.34. The molecule has 1 unspecified atom stereocenters. The van der Waals surface area contributed by atoms with Crippen LogP contribution in [-0.4, -0.2) is 10.5 Å². The molecule has 2 heteroatoms. The van der Waals surface area contributed by atoms with Gasteiger partial charge in [0, 0.05) is 0 Å². The van der Waals surface area contributed by atoms with E-state index in [2.05, 4.69) is 61.8 Å². The van der Waals surface area contributed by atoms with Crippen LogP contribution in [0.2, 0.25) is 0 Å². The van der Waals surface area contributed by atoms with Crippen molar-refractivity contribution in [1.29, 1.82) is 0 Å². The predicted molar refractivity (Wildman–Crippen MR) is 94.0 cm³/mol. The first-order valence-electron chi connectivity index (χ1n) is 7.32. The maximum atomic E-state index is 5.74. The molecule has 0 aromatic heterocycles. The van der Waals surface area contributed by atoms with Crippen molar-refractivity contribution in [3.05, 3.63) is 96.1 Å². The number of aryl methyl sites for hydroxylation is 2. The second-order valence-electron chi connectivity index (χ2n) is 5.51. The third-order valence-corrected chi connectivity index (χ3v) is 4.55. The summed E-state index contributed by atoms with van der Waals surface area (Å²) >= 11 is 0. The molecule has 0 saturated heterocycles. The maximum absolute atomic E-state index is 5.74. The normalized spacial score (nSPS) is 12.7. The van der Waals surface area contributed by atoms with Crippen molar-refractivity contribution >= 4 is 10.5 Å². The smallest absolute Gasteiger partial charge is 0.247 e. The molecular weight excluding hydrogens is 284 g/mol. The monoisotopic (exact) mass is 305 g/mol. The molecule has 2 aromatic carbocycles. The molecule has 0 saturated carbocycles. The molecule has 2 rings (SSSR count). The summed E-state index contributed by atoms with van der Waals surface area (Å²) in [5.74, 6) is 0. The van der Waals surface area contributed by atoms with Gasteiger partial charge in [-0.1, -0.05) is 60.7 Å². The van der Waals surface area contributed by atoms with E-state index in [9.17, 15) is 0 Å². The Labute approximate surface area is 136 Å². The average Bonchev–Trinajstić information content (AvgIpc) is 2.55. The number of rotatable bonds is 6. The molecule has 0 N–H and O–H groups in total. The van der Waals surface area contributed by atoms with Gasteiger partial charge in [0.25, 0.3) is 0 Å². The Morgan fingerprint density at radius 3 is 2.00 bits per heavy atom. The van der Waals surface area contributed by atoms with E-state index in [0.29, 0.717) is 0 Å². The van der Waals surface area contributed by atoms with E-state index in [4.69, 9.17) is 4.43 Å². The Morgan fingerprint density at radius 1 is 0.955 bits per heavy atom. The van der Waals surface area contributed by atoms with Gasteiger partial charge >= 0.3 is 0 Å². The largest absolute Gasteiger partial charge is 0.410 e. The third-order valence-electron chi connectivity index (χ3n) is 4.31. The molecule has 0 heterocycles. The Bertz CT molecular complexity index is 667. The van der Waals surface area contributed by atoms with E-state index in [-0.39, 0.29) is 6.10 Å². The average molecular weight is 305 g/mol. The van der Waals surface area contributed by atoms with Crippen molar-refractivity contribution in [1.82, 2.24) is 0 Å². The summed E-state index contributed by atoms with van der Waals surface area (Å²) in [4.78, 5) is 0. The highest BCUT2D eigenvalue weighted by Crippen LogP contribution is 2.43. The molecule has 0 spiro atoms. The summed E-state index contributed by atoms with van der Waals surface area (Å²) in [5, 5.41) is 0. The summed E-state index contributed by atoms with van der Waals surface area (Å²) in [6.07, 6.45) is 3.58. The molecule has 1 atom stereocenters. The van der Waals surface area contributed by atoms with E-state index >= 15 is 0 Å². The summed E-state index contributed by atoms with van der Waals surface area (Å²) in [6.45, 7) is 12.3. The molecular formula is C20H21OSi. The Kier molecular flexibility index (Phi) is 5.17. The van der Waals surface area contributed by atoms with Gasteiger partial charge in [0.15, 0.2) is 0 Å². The van der Waals surface area contributed by atoms with Crippen molar-refractivity contribution < 1.29 is 4.43 Å². The zero-order valence-corrected chi connectivity index (χ0v) is 14.2. The van der Waals surface area contributed by atoms with Crippen LogP contribution in [0.5, 0.6) is 0 Å². The fourth-order valence-electron chi connectivity index (χ4n) is 3.02. The highest BCUT2D eigenvalue weighted by molar-refractivity contribution is 5.98. The van der Waals surface area contributed by atoms with Crippen LogP contribution >= 0.6 is 0 Å². The molecule has 0 aliphatic heterocycles. The highest BCUT2D eigenvalue weighted by Gasteiger charge is 2.37. The van der Waals surface area contributed by atoms with E-state index in [1.807, 2.05) is 36.4 Å². The molecule has 3 radical (unpaired) electrons. The second-order valence-corrected chi connectivity index (χ2v) is 5.75. The first-order chi connectivity index (χ1) is 10.6. The molecule has 0 fully saturated rings. The molecule has 22 heavy (non-hydrogen) atoms. The number of hydrogen-bond donors (Lipinski definition) is 0. The standard InChI is InChI=1S/C20H21OSi/c1-5-20(6-2,18-14-10-8-12-16(18)4)19(21-22)17-13-9-7-11-15(17)3/h5-14,19H,1-2H2,3-4H3. The van der Waals surface area contributed by atoms with Crippen LogP contribution in [0.1, 0.15) is 28.4 Å². The highest BCUT2D eigenvalue weighted by atomic mass is 28.2. The second kappa shape index (κ2) is 6.90. The van der Waals surface area contributed by atoms with E-state index < -0.39 is 5.41 Å². The van der Waals surface area contributed by atoms with Gasteiger partial charge in [0.1, 0.15) is 0 Å². The Morgan fingerprint density at radius 2 is 1.50 bits per heavy atom. The number of benzene rings is 2. The summed E-state index contributed by atoms with van der Waals surface area (Å²) < 4.78 is 5.74.